The number of anilines is 1. The first-order chi connectivity index (χ1) is 15.6. The van der Waals surface area contributed by atoms with Crippen LogP contribution in [0, 0.1) is 0 Å². The molecule has 0 atom stereocenters. The van der Waals surface area contributed by atoms with Crippen molar-refractivity contribution in [3.8, 4) is 11.5 Å². The molecule has 2 aliphatic rings. The molecule has 1 N–H and O–H groups in total. The average Bonchev–Trinajstić information content (AvgIpc) is 3.35. The first-order valence-electron chi connectivity index (χ1n) is 11.1. The predicted octanol–water partition coefficient (Wildman–Crippen LogP) is 5.62. The monoisotopic (exact) mass is 454 g/mol. The van der Waals surface area contributed by atoms with Gasteiger partial charge in [-0.1, -0.05) is 62.8 Å². The standard InChI is InChI=1S/C25H27ClN2O4/c1-2-3-4-5-6-7-14-28-24(29)22(17-8-10-18(26)11-9-17)23(25(28)30)27-19-12-13-20-21(15-19)32-16-31-20/h8-13,15,27H,2-7,14,16H2,1H3. The first-order valence-corrected chi connectivity index (χ1v) is 11.5. The van der Waals surface area contributed by atoms with Gasteiger partial charge in [0.25, 0.3) is 11.8 Å². The largest absolute Gasteiger partial charge is 0.454 e. The topological polar surface area (TPSA) is 67.9 Å². The van der Waals surface area contributed by atoms with Gasteiger partial charge in [-0.05, 0) is 36.2 Å². The van der Waals surface area contributed by atoms with Crippen LogP contribution in [0.2, 0.25) is 5.02 Å². The Kier molecular flexibility index (Phi) is 7.00. The number of imide groups is 1. The number of halogens is 1. The number of unbranched alkanes of at least 4 members (excludes halogenated alkanes) is 5. The van der Waals surface area contributed by atoms with E-state index in [1.165, 1.54) is 24.2 Å². The Morgan fingerprint density at radius 2 is 1.62 bits per heavy atom. The maximum Gasteiger partial charge on any atom is 0.278 e. The third-order valence-electron chi connectivity index (χ3n) is 5.68. The van der Waals surface area contributed by atoms with E-state index in [1.807, 2.05) is 0 Å². The zero-order chi connectivity index (χ0) is 22.5. The summed E-state index contributed by atoms with van der Waals surface area (Å²) in [4.78, 5) is 27.9. The van der Waals surface area contributed by atoms with Crippen LogP contribution in [0.15, 0.2) is 48.2 Å². The second-order valence-electron chi connectivity index (χ2n) is 7.98. The molecule has 0 fully saturated rings. The van der Waals surface area contributed by atoms with Crippen molar-refractivity contribution in [2.45, 2.75) is 45.4 Å². The Labute approximate surface area is 193 Å². The number of amides is 2. The summed E-state index contributed by atoms with van der Waals surface area (Å²) in [5.74, 6) is 0.658. The molecule has 0 aromatic heterocycles. The Bertz CT molecular complexity index is 1030. The van der Waals surface area contributed by atoms with E-state index in [0.717, 1.165) is 19.3 Å². The van der Waals surface area contributed by atoms with Crippen LogP contribution in [-0.2, 0) is 9.59 Å². The molecule has 0 bridgehead atoms. The number of rotatable bonds is 10. The fourth-order valence-corrected chi connectivity index (χ4v) is 4.07. The van der Waals surface area contributed by atoms with Crippen molar-refractivity contribution in [2.75, 3.05) is 18.7 Å². The molecule has 6 nitrogen and oxygen atoms in total. The zero-order valence-electron chi connectivity index (χ0n) is 18.2. The molecule has 0 saturated heterocycles. The summed E-state index contributed by atoms with van der Waals surface area (Å²) in [6.07, 6.45) is 6.50. The van der Waals surface area contributed by atoms with Crippen molar-refractivity contribution >= 4 is 34.7 Å². The Hall–Kier alpha value is -2.99. The number of nitrogens with zero attached hydrogens (tertiary/aromatic N) is 1. The molecule has 0 radical (unpaired) electrons. The van der Waals surface area contributed by atoms with E-state index in [4.69, 9.17) is 21.1 Å². The Balaban J connectivity index is 1.56. The lowest BCUT2D eigenvalue weighted by atomic mass is 10.0. The van der Waals surface area contributed by atoms with Crippen LogP contribution in [0.1, 0.15) is 51.0 Å². The van der Waals surface area contributed by atoms with E-state index < -0.39 is 0 Å². The molecule has 0 unspecified atom stereocenters. The number of hydrogen-bond acceptors (Lipinski definition) is 5. The summed E-state index contributed by atoms with van der Waals surface area (Å²) in [5, 5.41) is 3.73. The van der Waals surface area contributed by atoms with Crippen LogP contribution in [0.3, 0.4) is 0 Å². The van der Waals surface area contributed by atoms with Crippen LogP contribution < -0.4 is 14.8 Å². The predicted molar refractivity (Wildman–Crippen MR) is 125 cm³/mol. The molecular formula is C25H27ClN2O4. The van der Waals surface area contributed by atoms with Gasteiger partial charge in [0.15, 0.2) is 11.5 Å². The number of carbonyl (C=O) groups is 2. The summed E-state index contributed by atoms with van der Waals surface area (Å²) in [6.45, 7) is 2.76. The second-order valence-corrected chi connectivity index (χ2v) is 8.42. The molecule has 0 spiro atoms. The van der Waals surface area contributed by atoms with Gasteiger partial charge >= 0.3 is 0 Å². The molecule has 2 amide bonds. The number of ether oxygens (including phenoxy) is 2. The van der Waals surface area contributed by atoms with Gasteiger partial charge in [0.1, 0.15) is 5.70 Å². The summed E-state index contributed by atoms with van der Waals surface area (Å²) >= 11 is 6.03. The molecule has 2 aromatic carbocycles. The average molecular weight is 455 g/mol. The van der Waals surface area contributed by atoms with Crippen molar-refractivity contribution in [1.82, 2.24) is 4.90 Å². The molecule has 32 heavy (non-hydrogen) atoms. The number of hydrogen-bond donors (Lipinski definition) is 1. The van der Waals surface area contributed by atoms with Crippen molar-refractivity contribution < 1.29 is 19.1 Å². The lowest BCUT2D eigenvalue weighted by molar-refractivity contribution is -0.136. The second kappa shape index (κ2) is 10.1. The number of carbonyl (C=O) groups excluding carboxylic acids is 2. The Morgan fingerprint density at radius 1 is 0.906 bits per heavy atom. The molecule has 2 aromatic rings. The van der Waals surface area contributed by atoms with Crippen LogP contribution >= 0.6 is 11.6 Å². The number of benzene rings is 2. The fourth-order valence-electron chi connectivity index (χ4n) is 3.95. The van der Waals surface area contributed by atoms with Crippen LogP contribution in [0.25, 0.3) is 5.57 Å². The lowest BCUT2D eigenvalue weighted by Gasteiger charge is -2.15. The van der Waals surface area contributed by atoms with Gasteiger partial charge in [-0.3, -0.25) is 14.5 Å². The van der Waals surface area contributed by atoms with Gasteiger partial charge in [-0.2, -0.15) is 0 Å². The molecule has 168 valence electrons. The molecule has 7 heteroatoms. The third-order valence-corrected chi connectivity index (χ3v) is 5.93. The SMILES string of the molecule is CCCCCCCCN1C(=O)C(Nc2ccc3c(c2)OCO3)=C(c2ccc(Cl)cc2)C1=O. The quantitative estimate of drug-likeness (QED) is 0.372. The molecule has 2 heterocycles. The highest BCUT2D eigenvalue weighted by atomic mass is 35.5. The van der Waals surface area contributed by atoms with E-state index in [1.54, 1.807) is 42.5 Å². The van der Waals surface area contributed by atoms with Crippen molar-refractivity contribution in [1.29, 1.82) is 0 Å². The molecule has 0 aliphatic carbocycles. The van der Waals surface area contributed by atoms with E-state index in [0.29, 0.717) is 39.9 Å². The Morgan fingerprint density at radius 3 is 2.41 bits per heavy atom. The van der Waals surface area contributed by atoms with Crippen LogP contribution in [0.5, 0.6) is 11.5 Å². The van der Waals surface area contributed by atoms with Gasteiger partial charge in [-0.25, -0.2) is 0 Å². The third kappa shape index (κ3) is 4.75. The number of nitrogens with one attached hydrogen (secondary N) is 1. The van der Waals surface area contributed by atoms with Gasteiger partial charge in [0, 0.05) is 23.3 Å². The number of fused-ring (bicyclic) bond motifs is 1. The van der Waals surface area contributed by atoms with E-state index in [-0.39, 0.29) is 24.3 Å². The van der Waals surface area contributed by atoms with Gasteiger partial charge < -0.3 is 14.8 Å². The van der Waals surface area contributed by atoms with Crippen LogP contribution in [0.4, 0.5) is 5.69 Å². The summed E-state index contributed by atoms with van der Waals surface area (Å²) in [6, 6.07) is 12.3. The molecule has 0 saturated carbocycles. The van der Waals surface area contributed by atoms with Crippen molar-refractivity contribution in [3.05, 3.63) is 58.7 Å². The fraction of sp³-hybridized carbons (Fsp3) is 0.360. The van der Waals surface area contributed by atoms with Gasteiger partial charge in [-0.15, -0.1) is 0 Å². The highest BCUT2D eigenvalue weighted by Gasteiger charge is 2.39. The summed E-state index contributed by atoms with van der Waals surface area (Å²) < 4.78 is 10.8. The molecule has 2 aliphatic heterocycles. The van der Waals surface area contributed by atoms with E-state index >= 15 is 0 Å². The maximum atomic E-state index is 13.3. The highest BCUT2D eigenvalue weighted by Crippen LogP contribution is 2.36. The van der Waals surface area contributed by atoms with Crippen molar-refractivity contribution in [3.63, 3.8) is 0 Å². The molecular weight excluding hydrogens is 428 g/mol. The minimum absolute atomic E-state index is 0.168. The van der Waals surface area contributed by atoms with E-state index in [9.17, 15) is 9.59 Å². The minimum atomic E-state index is -0.314. The van der Waals surface area contributed by atoms with Crippen LogP contribution in [-0.4, -0.2) is 30.1 Å². The maximum absolute atomic E-state index is 13.3. The zero-order valence-corrected chi connectivity index (χ0v) is 18.9. The van der Waals surface area contributed by atoms with Gasteiger partial charge in [0.2, 0.25) is 6.79 Å². The minimum Gasteiger partial charge on any atom is -0.454 e. The normalized spacial score (nSPS) is 15.1. The van der Waals surface area contributed by atoms with Crippen molar-refractivity contribution in [2.24, 2.45) is 0 Å². The first kappa shape index (κ1) is 22.2. The van der Waals surface area contributed by atoms with E-state index in [2.05, 4.69) is 12.2 Å². The highest BCUT2D eigenvalue weighted by molar-refractivity contribution is 6.36. The van der Waals surface area contributed by atoms with Gasteiger partial charge in [0.05, 0.1) is 5.57 Å². The molecule has 4 rings (SSSR count). The summed E-state index contributed by atoms with van der Waals surface area (Å²) in [5.41, 5.74) is 1.93. The smallest absolute Gasteiger partial charge is 0.278 e. The lowest BCUT2D eigenvalue weighted by Crippen LogP contribution is -2.33. The summed E-state index contributed by atoms with van der Waals surface area (Å²) in [7, 11) is 0.